The summed E-state index contributed by atoms with van der Waals surface area (Å²) < 4.78 is 3.45. The van der Waals surface area contributed by atoms with Gasteiger partial charge in [0.1, 0.15) is 17.2 Å². The molecule has 0 aliphatic carbocycles. The van der Waals surface area contributed by atoms with Gasteiger partial charge in [-0.25, -0.2) is 4.98 Å². The third kappa shape index (κ3) is 3.23. The molecule has 0 aliphatic heterocycles. The summed E-state index contributed by atoms with van der Waals surface area (Å²) >= 11 is 2.39. The maximum Gasteiger partial charge on any atom is 0.143 e. The number of pyridine rings is 1. The number of para-hydroxylation sites is 1. The zero-order chi connectivity index (χ0) is 19.0. The van der Waals surface area contributed by atoms with Gasteiger partial charge in [-0.05, 0) is 72.2 Å². The van der Waals surface area contributed by atoms with E-state index in [-0.39, 0.29) is 0 Å². The van der Waals surface area contributed by atoms with E-state index in [0.717, 1.165) is 34.8 Å². The van der Waals surface area contributed by atoms with Gasteiger partial charge >= 0.3 is 0 Å². The highest BCUT2D eigenvalue weighted by Crippen LogP contribution is 2.36. The molecule has 0 atom stereocenters. The first kappa shape index (κ1) is 18.0. The minimum atomic E-state index is 0.945. The van der Waals surface area contributed by atoms with E-state index in [9.17, 15) is 0 Å². The molecule has 2 aromatic carbocycles. The SMILES string of the molecule is CCc1cccc2nc(-c3ccccc3I)c(Nc3c(C)cccc3C)n12. The van der Waals surface area contributed by atoms with Crippen LogP contribution in [0.5, 0.6) is 0 Å². The predicted octanol–water partition coefficient (Wildman–Crippen LogP) is 6.53. The summed E-state index contributed by atoms with van der Waals surface area (Å²) in [6.45, 7) is 6.47. The van der Waals surface area contributed by atoms with E-state index < -0.39 is 0 Å². The summed E-state index contributed by atoms with van der Waals surface area (Å²) in [5.41, 5.74) is 7.96. The average Bonchev–Trinajstić information content (AvgIpc) is 3.03. The fourth-order valence-corrected chi connectivity index (χ4v) is 4.17. The van der Waals surface area contributed by atoms with Gasteiger partial charge in [-0.15, -0.1) is 0 Å². The van der Waals surface area contributed by atoms with Gasteiger partial charge in [0.2, 0.25) is 0 Å². The lowest BCUT2D eigenvalue weighted by Gasteiger charge is -2.16. The highest BCUT2D eigenvalue weighted by molar-refractivity contribution is 14.1. The van der Waals surface area contributed by atoms with E-state index in [2.05, 4.69) is 114 Å². The number of hydrogen-bond acceptors (Lipinski definition) is 2. The largest absolute Gasteiger partial charge is 0.339 e. The Balaban J connectivity index is 2.02. The number of rotatable bonds is 4. The molecule has 3 nitrogen and oxygen atoms in total. The molecule has 0 unspecified atom stereocenters. The summed E-state index contributed by atoms with van der Waals surface area (Å²) in [6, 6.07) is 21.1. The number of aryl methyl sites for hydroxylation is 3. The fourth-order valence-electron chi connectivity index (χ4n) is 3.52. The van der Waals surface area contributed by atoms with E-state index in [0.29, 0.717) is 0 Å². The maximum absolute atomic E-state index is 5.00. The molecule has 0 spiro atoms. The zero-order valence-corrected chi connectivity index (χ0v) is 17.9. The summed E-state index contributed by atoms with van der Waals surface area (Å²) in [5.74, 6) is 1.03. The zero-order valence-electron chi connectivity index (χ0n) is 15.8. The van der Waals surface area contributed by atoms with Crippen molar-refractivity contribution < 1.29 is 0 Å². The van der Waals surface area contributed by atoms with Crippen molar-refractivity contribution >= 4 is 39.7 Å². The molecule has 2 heterocycles. The van der Waals surface area contributed by atoms with Crippen LogP contribution in [0.25, 0.3) is 16.9 Å². The van der Waals surface area contributed by atoms with Crippen molar-refractivity contribution in [1.82, 2.24) is 9.38 Å². The Morgan fingerprint density at radius 1 is 0.926 bits per heavy atom. The van der Waals surface area contributed by atoms with Crippen molar-refractivity contribution in [1.29, 1.82) is 0 Å². The van der Waals surface area contributed by atoms with E-state index >= 15 is 0 Å². The first-order valence-corrected chi connectivity index (χ1v) is 10.3. The molecule has 2 aromatic heterocycles. The number of halogens is 1. The van der Waals surface area contributed by atoms with Crippen LogP contribution in [0.4, 0.5) is 11.5 Å². The molecule has 0 amide bonds. The second kappa shape index (κ2) is 7.35. The summed E-state index contributed by atoms with van der Waals surface area (Å²) in [4.78, 5) is 5.00. The van der Waals surface area contributed by atoms with Crippen LogP contribution in [0, 0.1) is 17.4 Å². The van der Waals surface area contributed by atoms with Crippen molar-refractivity contribution in [3.8, 4) is 11.3 Å². The van der Waals surface area contributed by atoms with Crippen LogP contribution in [0.15, 0.2) is 60.7 Å². The summed E-state index contributed by atoms with van der Waals surface area (Å²) in [5, 5.41) is 3.73. The Kier molecular flexibility index (Phi) is 4.91. The molecule has 4 rings (SSSR count). The van der Waals surface area contributed by atoms with E-state index in [1.54, 1.807) is 0 Å². The Morgan fingerprint density at radius 3 is 2.33 bits per heavy atom. The molecule has 0 saturated heterocycles. The van der Waals surface area contributed by atoms with Gasteiger partial charge in [-0.1, -0.05) is 49.4 Å². The number of anilines is 2. The average molecular weight is 467 g/mol. The fraction of sp³-hybridized carbons (Fsp3) is 0.174. The van der Waals surface area contributed by atoms with Gasteiger partial charge in [-0.2, -0.15) is 0 Å². The molecule has 1 N–H and O–H groups in total. The third-order valence-corrected chi connectivity index (χ3v) is 5.88. The first-order valence-electron chi connectivity index (χ1n) is 9.18. The Labute approximate surface area is 173 Å². The van der Waals surface area contributed by atoms with Gasteiger partial charge in [-0.3, -0.25) is 4.40 Å². The minimum absolute atomic E-state index is 0.945. The van der Waals surface area contributed by atoms with Crippen molar-refractivity contribution in [2.45, 2.75) is 27.2 Å². The lowest BCUT2D eigenvalue weighted by molar-refractivity contribution is 0.983. The van der Waals surface area contributed by atoms with Gasteiger partial charge in [0.25, 0.3) is 0 Å². The minimum Gasteiger partial charge on any atom is -0.339 e. The molecule has 0 radical (unpaired) electrons. The Bertz CT molecular complexity index is 1110. The maximum atomic E-state index is 5.00. The number of benzene rings is 2. The Morgan fingerprint density at radius 2 is 1.63 bits per heavy atom. The molecule has 0 bridgehead atoms. The summed E-state index contributed by atoms with van der Waals surface area (Å²) in [6.07, 6.45) is 0.945. The van der Waals surface area contributed by atoms with E-state index in [4.69, 9.17) is 4.98 Å². The van der Waals surface area contributed by atoms with Gasteiger partial charge in [0.05, 0.1) is 0 Å². The monoisotopic (exact) mass is 467 g/mol. The topological polar surface area (TPSA) is 29.3 Å². The van der Waals surface area contributed by atoms with Crippen LogP contribution in [0.1, 0.15) is 23.7 Å². The summed E-state index contributed by atoms with van der Waals surface area (Å²) in [7, 11) is 0. The van der Waals surface area contributed by atoms with Crippen molar-refractivity contribution in [3.05, 3.63) is 81.1 Å². The van der Waals surface area contributed by atoms with Crippen molar-refractivity contribution in [3.63, 3.8) is 0 Å². The standard InChI is InChI=1S/C23H22IN3/c1-4-17-11-8-14-20-25-22(18-12-5-6-13-19(18)24)23(27(17)20)26-21-15(2)9-7-10-16(21)3/h5-14,26H,4H2,1-3H3. The number of aromatic nitrogens is 2. The van der Waals surface area contributed by atoms with Crippen LogP contribution >= 0.6 is 22.6 Å². The number of hydrogen-bond donors (Lipinski definition) is 1. The van der Waals surface area contributed by atoms with Crippen LogP contribution in [-0.2, 0) is 6.42 Å². The molecule has 4 aromatic rings. The molecule has 0 aliphatic rings. The molecule has 0 saturated carbocycles. The smallest absolute Gasteiger partial charge is 0.143 e. The number of nitrogens with zero attached hydrogens (tertiary/aromatic N) is 2. The molecule has 27 heavy (non-hydrogen) atoms. The van der Waals surface area contributed by atoms with Crippen LogP contribution < -0.4 is 5.32 Å². The van der Waals surface area contributed by atoms with Crippen LogP contribution in [-0.4, -0.2) is 9.38 Å². The van der Waals surface area contributed by atoms with E-state index in [1.807, 2.05) is 0 Å². The molecule has 136 valence electrons. The van der Waals surface area contributed by atoms with E-state index in [1.165, 1.54) is 20.4 Å². The number of nitrogens with one attached hydrogen (secondary N) is 1. The van der Waals surface area contributed by atoms with Crippen LogP contribution in [0.3, 0.4) is 0 Å². The highest BCUT2D eigenvalue weighted by Gasteiger charge is 2.19. The van der Waals surface area contributed by atoms with Crippen LogP contribution in [0.2, 0.25) is 0 Å². The molecular weight excluding hydrogens is 445 g/mol. The first-order chi connectivity index (χ1) is 13.1. The lowest BCUT2D eigenvalue weighted by Crippen LogP contribution is -2.03. The third-order valence-electron chi connectivity index (χ3n) is 4.94. The molecular formula is C23H22IN3. The van der Waals surface area contributed by atoms with Gasteiger partial charge in [0, 0.05) is 20.5 Å². The number of imidazole rings is 1. The number of fused-ring (bicyclic) bond motifs is 1. The van der Waals surface area contributed by atoms with Gasteiger partial charge < -0.3 is 5.32 Å². The van der Waals surface area contributed by atoms with Crippen molar-refractivity contribution in [2.75, 3.05) is 5.32 Å². The molecule has 0 fully saturated rings. The quantitative estimate of drug-likeness (QED) is 0.346. The normalized spacial score (nSPS) is 11.1. The second-order valence-electron chi connectivity index (χ2n) is 6.74. The Hall–Kier alpha value is -2.34. The lowest BCUT2D eigenvalue weighted by atomic mass is 10.1. The molecule has 4 heteroatoms. The highest BCUT2D eigenvalue weighted by atomic mass is 127. The predicted molar refractivity (Wildman–Crippen MR) is 122 cm³/mol. The second-order valence-corrected chi connectivity index (χ2v) is 7.91. The van der Waals surface area contributed by atoms with Gasteiger partial charge in [0.15, 0.2) is 0 Å². The van der Waals surface area contributed by atoms with Crippen molar-refractivity contribution in [2.24, 2.45) is 0 Å².